The summed E-state index contributed by atoms with van der Waals surface area (Å²) < 4.78 is 13.0. The third-order valence-electron chi connectivity index (χ3n) is 4.41. The molecule has 0 aromatic heterocycles. The van der Waals surface area contributed by atoms with Crippen molar-refractivity contribution in [2.75, 3.05) is 26.2 Å². The van der Waals surface area contributed by atoms with E-state index in [2.05, 4.69) is 24.1 Å². The molecule has 1 unspecified atom stereocenters. The van der Waals surface area contributed by atoms with Crippen LogP contribution in [0.5, 0.6) is 0 Å². The van der Waals surface area contributed by atoms with E-state index in [1.165, 1.54) is 18.4 Å². The van der Waals surface area contributed by atoms with Crippen LogP contribution in [0.4, 0.5) is 4.39 Å². The fourth-order valence-electron chi connectivity index (χ4n) is 3.21. The molecule has 0 radical (unpaired) electrons. The van der Waals surface area contributed by atoms with Crippen LogP contribution in [0.2, 0.25) is 0 Å². The molecule has 0 amide bonds. The van der Waals surface area contributed by atoms with Crippen molar-refractivity contribution in [2.24, 2.45) is 5.92 Å². The van der Waals surface area contributed by atoms with E-state index in [0.29, 0.717) is 6.04 Å². The summed E-state index contributed by atoms with van der Waals surface area (Å²) in [4.78, 5) is 2.57. The molecule has 3 heteroatoms. The number of nitrogens with one attached hydrogen (secondary N) is 1. The van der Waals surface area contributed by atoms with Gasteiger partial charge in [-0.05, 0) is 69.1 Å². The van der Waals surface area contributed by atoms with Gasteiger partial charge in [-0.25, -0.2) is 4.39 Å². The topological polar surface area (TPSA) is 15.3 Å². The second kappa shape index (κ2) is 7.75. The highest BCUT2D eigenvalue weighted by Crippen LogP contribution is 2.29. The standard InChI is InChI=1S/C17H27FN2/c1-3-17(15-5-7-16(18)8-6-15)20-11-9-14(10-12-20)13-19-4-2/h5-8,14,17,19H,3-4,9-13H2,1-2H3. The molecule has 0 bridgehead atoms. The Kier molecular flexibility index (Phi) is 5.99. The Balaban J connectivity index is 1.91. The highest BCUT2D eigenvalue weighted by atomic mass is 19.1. The zero-order chi connectivity index (χ0) is 14.4. The second-order valence-corrected chi connectivity index (χ2v) is 5.76. The summed E-state index contributed by atoms with van der Waals surface area (Å²) in [5, 5.41) is 3.45. The quantitative estimate of drug-likeness (QED) is 0.855. The summed E-state index contributed by atoms with van der Waals surface area (Å²) in [6, 6.07) is 7.48. The molecule has 1 atom stereocenters. The lowest BCUT2D eigenvalue weighted by Gasteiger charge is -2.37. The summed E-state index contributed by atoms with van der Waals surface area (Å²) in [6.45, 7) is 8.92. The minimum Gasteiger partial charge on any atom is -0.317 e. The smallest absolute Gasteiger partial charge is 0.123 e. The Morgan fingerprint density at radius 1 is 1.20 bits per heavy atom. The number of hydrogen-bond donors (Lipinski definition) is 1. The van der Waals surface area contributed by atoms with Crippen LogP contribution in [0.1, 0.15) is 44.7 Å². The van der Waals surface area contributed by atoms with E-state index in [4.69, 9.17) is 0 Å². The third-order valence-corrected chi connectivity index (χ3v) is 4.41. The predicted octanol–water partition coefficient (Wildman–Crippen LogP) is 3.60. The van der Waals surface area contributed by atoms with Crippen molar-refractivity contribution in [3.05, 3.63) is 35.6 Å². The van der Waals surface area contributed by atoms with Crippen LogP contribution in [0.3, 0.4) is 0 Å². The molecule has 1 fully saturated rings. The molecule has 2 nitrogen and oxygen atoms in total. The van der Waals surface area contributed by atoms with Gasteiger partial charge >= 0.3 is 0 Å². The Morgan fingerprint density at radius 3 is 2.40 bits per heavy atom. The van der Waals surface area contributed by atoms with Crippen LogP contribution in [0, 0.1) is 11.7 Å². The van der Waals surface area contributed by atoms with Gasteiger partial charge in [-0.15, -0.1) is 0 Å². The molecule has 112 valence electrons. The number of halogens is 1. The summed E-state index contributed by atoms with van der Waals surface area (Å²) in [6.07, 6.45) is 3.62. The van der Waals surface area contributed by atoms with Gasteiger partial charge in [0.05, 0.1) is 0 Å². The molecule has 0 spiro atoms. The van der Waals surface area contributed by atoms with E-state index in [1.807, 2.05) is 12.1 Å². The molecule has 1 aliphatic heterocycles. The highest BCUT2D eigenvalue weighted by molar-refractivity contribution is 5.20. The number of likely N-dealkylation sites (tertiary alicyclic amines) is 1. The van der Waals surface area contributed by atoms with E-state index in [9.17, 15) is 4.39 Å². The second-order valence-electron chi connectivity index (χ2n) is 5.76. The number of rotatable bonds is 6. The van der Waals surface area contributed by atoms with Crippen LogP contribution in [-0.2, 0) is 0 Å². The van der Waals surface area contributed by atoms with Gasteiger partial charge in [-0.2, -0.15) is 0 Å². The summed E-state index contributed by atoms with van der Waals surface area (Å²) >= 11 is 0. The van der Waals surface area contributed by atoms with Gasteiger partial charge in [0.1, 0.15) is 5.82 Å². The van der Waals surface area contributed by atoms with Crippen molar-refractivity contribution >= 4 is 0 Å². The van der Waals surface area contributed by atoms with Crippen molar-refractivity contribution < 1.29 is 4.39 Å². The molecule has 20 heavy (non-hydrogen) atoms. The fourth-order valence-corrected chi connectivity index (χ4v) is 3.21. The van der Waals surface area contributed by atoms with Gasteiger partial charge in [-0.1, -0.05) is 26.0 Å². The first kappa shape index (κ1) is 15.5. The number of nitrogens with zero attached hydrogens (tertiary/aromatic N) is 1. The van der Waals surface area contributed by atoms with Crippen molar-refractivity contribution in [2.45, 2.75) is 39.2 Å². The van der Waals surface area contributed by atoms with E-state index in [1.54, 1.807) is 12.1 Å². The van der Waals surface area contributed by atoms with Gasteiger partial charge in [0.15, 0.2) is 0 Å². The Labute approximate surface area is 122 Å². The van der Waals surface area contributed by atoms with Crippen LogP contribution in [0.15, 0.2) is 24.3 Å². The molecular formula is C17H27FN2. The molecule has 1 saturated heterocycles. The first-order valence-electron chi connectivity index (χ1n) is 7.94. The van der Waals surface area contributed by atoms with Gasteiger partial charge in [0, 0.05) is 6.04 Å². The van der Waals surface area contributed by atoms with Crippen molar-refractivity contribution in [3.63, 3.8) is 0 Å². The molecule has 1 aliphatic rings. The van der Waals surface area contributed by atoms with Crippen molar-refractivity contribution in [3.8, 4) is 0 Å². The first-order chi connectivity index (χ1) is 9.74. The van der Waals surface area contributed by atoms with Crippen LogP contribution in [-0.4, -0.2) is 31.1 Å². The van der Waals surface area contributed by atoms with Crippen LogP contribution in [0.25, 0.3) is 0 Å². The maximum atomic E-state index is 13.0. The maximum absolute atomic E-state index is 13.0. The lowest BCUT2D eigenvalue weighted by Crippen LogP contribution is -2.39. The van der Waals surface area contributed by atoms with Gasteiger partial charge in [-0.3, -0.25) is 4.90 Å². The Bertz CT molecular complexity index is 382. The fraction of sp³-hybridized carbons (Fsp3) is 0.647. The molecule has 0 saturated carbocycles. The van der Waals surface area contributed by atoms with E-state index in [-0.39, 0.29) is 5.82 Å². The normalized spacial score (nSPS) is 19.1. The maximum Gasteiger partial charge on any atom is 0.123 e. The van der Waals surface area contributed by atoms with Crippen molar-refractivity contribution in [1.29, 1.82) is 0 Å². The molecule has 2 rings (SSSR count). The van der Waals surface area contributed by atoms with Crippen LogP contribution < -0.4 is 5.32 Å². The minimum absolute atomic E-state index is 0.145. The van der Waals surface area contributed by atoms with Gasteiger partial charge in [0.25, 0.3) is 0 Å². The molecule has 1 aromatic rings. The minimum atomic E-state index is -0.145. The monoisotopic (exact) mass is 278 g/mol. The lowest BCUT2D eigenvalue weighted by atomic mass is 9.93. The Hall–Kier alpha value is -0.930. The predicted molar refractivity (Wildman–Crippen MR) is 82.3 cm³/mol. The molecular weight excluding hydrogens is 251 g/mol. The van der Waals surface area contributed by atoms with E-state index >= 15 is 0 Å². The first-order valence-corrected chi connectivity index (χ1v) is 7.94. The SMILES string of the molecule is CCNCC1CCN(C(CC)c2ccc(F)cc2)CC1. The summed E-state index contributed by atoms with van der Waals surface area (Å²) in [7, 11) is 0. The largest absolute Gasteiger partial charge is 0.317 e. The molecule has 1 N–H and O–H groups in total. The number of benzene rings is 1. The van der Waals surface area contributed by atoms with Gasteiger partial charge < -0.3 is 5.32 Å². The summed E-state index contributed by atoms with van der Waals surface area (Å²) in [5.41, 5.74) is 1.25. The molecule has 1 heterocycles. The van der Waals surface area contributed by atoms with Crippen molar-refractivity contribution in [1.82, 2.24) is 10.2 Å². The van der Waals surface area contributed by atoms with Crippen LogP contribution >= 0.6 is 0 Å². The lowest BCUT2D eigenvalue weighted by molar-refractivity contribution is 0.128. The molecule has 1 aromatic carbocycles. The summed E-state index contributed by atoms with van der Waals surface area (Å²) in [5.74, 6) is 0.671. The third kappa shape index (κ3) is 4.03. The number of hydrogen-bond acceptors (Lipinski definition) is 2. The Morgan fingerprint density at radius 2 is 1.85 bits per heavy atom. The van der Waals surface area contributed by atoms with E-state index < -0.39 is 0 Å². The zero-order valence-electron chi connectivity index (χ0n) is 12.7. The average molecular weight is 278 g/mol. The highest BCUT2D eigenvalue weighted by Gasteiger charge is 2.24. The number of piperidine rings is 1. The average Bonchev–Trinajstić information content (AvgIpc) is 2.49. The zero-order valence-corrected chi connectivity index (χ0v) is 12.7. The van der Waals surface area contributed by atoms with Gasteiger partial charge in [0.2, 0.25) is 0 Å². The molecule has 0 aliphatic carbocycles. The van der Waals surface area contributed by atoms with E-state index in [0.717, 1.165) is 38.5 Å².